The number of thiocarbonyl (C=S) groups is 1. The van der Waals surface area contributed by atoms with Crippen LogP contribution >= 0.6 is 35.7 Å². The molecule has 0 amide bonds. The second-order valence-electron chi connectivity index (χ2n) is 1.58. The maximum atomic E-state index is 5.52. The van der Waals surface area contributed by atoms with Gasteiger partial charge in [-0.2, -0.15) is 11.8 Å². The van der Waals surface area contributed by atoms with Gasteiger partial charge >= 0.3 is 0 Å². The molecule has 0 bridgehead atoms. The number of rotatable bonds is 5. The van der Waals surface area contributed by atoms with Crippen LogP contribution in [0.2, 0.25) is 0 Å². The van der Waals surface area contributed by atoms with Gasteiger partial charge in [-0.05, 0) is 11.6 Å². The van der Waals surface area contributed by atoms with E-state index in [1.54, 1.807) is 5.37 Å². The molecule has 0 aliphatic rings. The zero-order valence-electron chi connectivity index (χ0n) is 5.37. The minimum atomic E-state index is 0.0946. The van der Waals surface area contributed by atoms with Gasteiger partial charge in [0, 0.05) is 16.9 Å². The van der Waals surface area contributed by atoms with Crippen molar-refractivity contribution in [1.29, 1.82) is 0 Å². The van der Waals surface area contributed by atoms with Crippen LogP contribution in [0.1, 0.15) is 0 Å². The van der Waals surface area contributed by atoms with E-state index in [1.165, 1.54) is 0 Å². The zero-order chi connectivity index (χ0) is 7.11. The van der Waals surface area contributed by atoms with Crippen LogP contribution in [0.5, 0.6) is 0 Å². The summed E-state index contributed by atoms with van der Waals surface area (Å²) in [5.41, 5.74) is 5.52. The van der Waals surface area contributed by atoms with Crippen molar-refractivity contribution >= 4 is 41.1 Å². The molecular weight excluding hydrogens is 170 g/mol. The van der Waals surface area contributed by atoms with Gasteiger partial charge in [0.1, 0.15) is 0 Å². The van der Waals surface area contributed by atoms with Gasteiger partial charge in [0.25, 0.3) is 0 Å². The van der Waals surface area contributed by atoms with Crippen molar-refractivity contribution in [2.24, 2.45) is 5.73 Å². The van der Waals surface area contributed by atoms with Crippen molar-refractivity contribution in [1.82, 2.24) is 0 Å². The van der Waals surface area contributed by atoms with Crippen molar-refractivity contribution in [3.63, 3.8) is 0 Å². The summed E-state index contributed by atoms with van der Waals surface area (Å²) in [6.45, 7) is 0. The molecule has 1 atom stereocenters. The van der Waals surface area contributed by atoms with Gasteiger partial charge in [-0.25, -0.2) is 0 Å². The van der Waals surface area contributed by atoms with E-state index >= 15 is 0 Å². The standard InChI is InChI=1S/C5H11NS3/c1-8-4-9-3-5(6)2-7/h2,5H,3-4,6H2,1H3. The maximum Gasteiger partial charge on any atom is 0.0420 e. The molecule has 0 fully saturated rings. The molecule has 0 saturated carbocycles. The van der Waals surface area contributed by atoms with Gasteiger partial charge in [0.15, 0.2) is 0 Å². The minimum Gasteiger partial charge on any atom is -0.323 e. The summed E-state index contributed by atoms with van der Waals surface area (Å²) in [4.78, 5) is 0. The number of hydrogen-bond donors (Lipinski definition) is 1. The summed E-state index contributed by atoms with van der Waals surface area (Å²) in [7, 11) is 0. The topological polar surface area (TPSA) is 26.0 Å². The number of thioether (sulfide) groups is 2. The van der Waals surface area contributed by atoms with Crippen LogP contribution in [0.25, 0.3) is 0 Å². The number of hydrogen-bond acceptors (Lipinski definition) is 4. The summed E-state index contributed by atoms with van der Waals surface area (Å²) in [5, 5.41) is 2.73. The lowest BCUT2D eigenvalue weighted by Crippen LogP contribution is -2.23. The van der Waals surface area contributed by atoms with Crippen molar-refractivity contribution in [3.05, 3.63) is 0 Å². The molecule has 0 aliphatic carbocycles. The van der Waals surface area contributed by atoms with E-state index in [4.69, 9.17) is 5.73 Å². The van der Waals surface area contributed by atoms with Crippen molar-refractivity contribution in [2.45, 2.75) is 6.04 Å². The highest BCUT2D eigenvalue weighted by Crippen LogP contribution is 2.08. The maximum absolute atomic E-state index is 5.52. The Labute approximate surface area is 70.1 Å². The SMILES string of the molecule is CSCSCC(N)C=S. The fourth-order valence-corrected chi connectivity index (χ4v) is 1.94. The highest BCUT2D eigenvalue weighted by Gasteiger charge is 1.94. The Hall–Kier alpha value is 0.750. The summed E-state index contributed by atoms with van der Waals surface area (Å²) >= 11 is 8.29. The lowest BCUT2D eigenvalue weighted by molar-refractivity contribution is 1.03. The van der Waals surface area contributed by atoms with Gasteiger partial charge in [0.05, 0.1) is 0 Å². The summed E-state index contributed by atoms with van der Waals surface area (Å²) in [6.07, 6.45) is 2.08. The van der Waals surface area contributed by atoms with Gasteiger partial charge in [-0.1, -0.05) is 12.2 Å². The fraction of sp³-hybridized carbons (Fsp3) is 0.800. The Morgan fingerprint density at radius 3 is 2.89 bits per heavy atom. The lowest BCUT2D eigenvalue weighted by Gasteiger charge is -2.01. The summed E-state index contributed by atoms with van der Waals surface area (Å²) < 4.78 is 0. The third-order valence-electron chi connectivity index (χ3n) is 0.686. The molecule has 1 nitrogen and oxygen atoms in total. The van der Waals surface area contributed by atoms with E-state index in [0.29, 0.717) is 0 Å². The molecule has 0 radical (unpaired) electrons. The average molecular weight is 181 g/mol. The smallest absolute Gasteiger partial charge is 0.0420 e. The van der Waals surface area contributed by atoms with Crippen LogP contribution in [-0.4, -0.2) is 28.5 Å². The van der Waals surface area contributed by atoms with Crippen LogP contribution in [0, 0.1) is 0 Å². The molecule has 0 aromatic carbocycles. The first kappa shape index (κ1) is 9.75. The summed E-state index contributed by atoms with van der Waals surface area (Å²) in [5.74, 6) is 0.949. The molecule has 4 heteroatoms. The van der Waals surface area contributed by atoms with E-state index in [0.717, 1.165) is 10.8 Å². The Morgan fingerprint density at radius 1 is 1.78 bits per heavy atom. The van der Waals surface area contributed by atoms with Gasteiger partial charge in [-0.3, -0.25) is 0 Å². The molecule has 1 unspecified atom stereocenters. The van der Waals surface area contributed by atoms with Gasteiger partial charge < -0.3 is 5.73 Å². The Kier molecular flexibility index (Phi) is 7.44. The van der Waals surface area contributed by atoms with E-state index in [-0.39, 0.29) is 6.04 Å². The molecule has 0 saturated heterocycles. The van der Waals surface area contributed by atoms with E-state index < -0.39 is 0 Å². The van der Waals surface area contributed by atoms with Gasteiger partial charge in [-0.15, -0.1) is 11.8 Å². The fourth-order valence-electron chi connectivity index (χ4n) is 0.307. The molecule has 2 N–H and O–H groups in total. The third-order valence-corrected chi connectivity index (χ3v) is 3.27. The van der Waals surface area contributed by atoms with Crippen LogP contribution in [0.3, 0.4) is 0 Å². The average Bonchev–Trinajstić information content (AvgIpc) is 1.89. The molecule has 0 heterocycles. The molecule has 54 valence electrons. The molecule has 0 spiro atoms. The van der Waals surface area contributed by atoms with Crippen molar-refractivity contribution in [3.8, 4) is 0 Å². The lowest BCUT2D eigenvalue weighted by atomic mass is 10.4. The normalized spacial score (nSPS) is 13.1. The predicted molar refractivity (Wildman–Crippen MR) is 52.5 cm³/mol. The van der Waals surface area contributed by atoms with Crippen LogP contribution in [0.15, 0.2) is 0 Å². The first-order valence-electron chi connectivity index (χ1n) is 2.58. The van der Waals surface area contributed by atoms with Crippen LogP contribution in [-0.2, 0) is 0 Å². The monoisotopic (exact) mass is 181 g/mol. The Balaban J connectivity index is 2.96. The third kappa shape index (κ3) is 6.64. The van der Waals surface area contributed by atoms with Crippen molar-refractivity contribution in [2.75, 3.05) is 17.1 Å². The zero-order valence-corrected chi connectivity index (χ0v) is 7.82. The first-order chi connectivity index (χ1) is 4.31. The molecule has 9 heavy (non-hydrogen) atoms. The quantitative estimate of drug-likeness (QED) is 0.393. The van der Waals surface area contributed by atoms with E-state index in [2.05, 4.69) is 18.5 Å². The molecule has 0 aliphatic heterocycles. The predicted octanol–water partition coefficient (Wildman–Crippen LogP) is 1.37. The van der Waals surface area contributed by atoms with Crippen LogP contribution in [0.4, 0.5) is 0 Å². The largest absolute Gasteiger partial charge is 0.323 e. The van der Waals surface area contributed by atoms with Crippen molar-refractivity contribution < 1.29 is 0 Å². The molecule has 0 aromatic heterocycles. The Bertz CT molecular complexity index is 76.6. The molecule has 0 rings (SSSR count). The van der Waals surface area contributed by atoms with E-state index in [1.807, 2.05) is 23.5 Å². The highest BCUT2D eigenvalue weighted by molar-refractivity contribution is 8.15. The summed E-state index contributed by atoms with van der Waals surface area (Å²) in [6, 6.07) is 0.0946. The molecular formula is C5H11NS3. The second kappa shape index (κ2) is 6.86. The Morgan fingerprint density at radius 2 is 2.44 bits per heavy atom. The first-order valence-corrected chi connectivity index (χ1v) is 5.60. The number of nitrogens with two attached hydrogens (primary N) is 1. The highest BCUT2D eigenvalue weighted by atomic mass is 32.2. The molecule has 0 aromatic rings. The van der Waals surface area contributed by atoms with E-state index in [9.17, 15) is 0 Å². The minimum absolute atomic E-state index is 0.0946. The van der Waals surface area contributed by atoms with Gasteiger partial charge in [0.2, 0.25) is 0 Å². The second-order valence-corrected chi connectivity index (χ2v) is 4.11. The van der Waals surface area contributed by atoms with Crippen LogP contribution < -0.4 is 5.73 Å².